The Hall–Kier alpha value is -1.58. The molecule has 4 heteroatoms. The van der Waals surface area contributed by atoms with Crippen LogP contribution in [0.3, 0.4) is 0 Å². The average Bonchev–Trinajstić information content (AvgIpc) is 2.27. The predicted molar refractivity (Wildman–Crippen MR) is 70.5 cm³/mol. The van der Waals surface area contributed by atoms with Crippen LogP contribution >= 0.6 is 0 Å². The van der Waals surface area contributed by atoms with Crippen LogP contribution in [0.5, 0.6) is 0 Å². The molecule has 0 aromatic carbocycles. The molecule has 0 spiro atoms. The number of hydrogen-bond donors (Lipinski definition) is 2. The van der Waals surface area contributed by atoms with Crippen LogP contribution in [0.1, 0.15) is 43.7 Å². The molecule has 94 valence electrons. The van der Waals surface area contributed by atoms with Crippen LogP contribution in [0.25, 0.3) is 0 Å². The Bertz CT molecular complexity index is 408. The van der Waals surface area contributed by atoms with Crippen LogP contribution in [0.2, 0.25) is 0 Å². The second-order valence-corrected chi connectivity index (χ2v) is 4.99. The molecule has 1 heterocycles. The topological polar surface area (TPSA) is 54.0 Å². The van der Waals surface area contributed by atoms with Crippen molar-refractivity contribution in [3.63, 3.8) is 0 Å². The minimum Gasteiger partial charge on any atom is -0.370 e. The van der Waals surface area contributed by atoms with E-state index in [0.29, 0.717) is 5.56 Å². The highest BCUT2D eigenvalue weighted by Gasteiger charge is 2.18. The number of aromatic nitrogens is 1. The number of carbonyl (C=O) groups is 1. The van der Waals surface area contributed by atoms with E-state index in [0.717, 1.165) is 18.1 Å². The van der Waals surface area contributed by atoms with Gasteiger partial charge < -0.3 is 10.6 Å². The molecule has 0 bridgehead atoms. The van der Waals surface area contributed by atoms with E-state index in [1.54, 1.807) is 13.1 Å². The molecule has 2 N–H and O–H groups in total. The molecule has 1 amide bonds. The van der Waals surface area contributed by atoms with Crippen LogP contribution in [0.15, 0.2) is 12.1 Å². The molecule has 0 radical (unpaired) electrons. The summed E-state index contributed by atoms with van der Waals surface area (Å²) in [7, 11) is 1.63. The molecular weight excluding hydrogens is 214 g/mol. The van der Waals surface area contributed by atoms with Crippen LogP contribution in [-0.4, -0.2) is 24.5 Å². The molecule has 0 aliphatic carbocycles. The smallest absolute Gasteiger partial charge is 0.251 e. The fourth-order valence-electron chi connectivity index (χ4n) is 1.46. The SMILES string of the molecule is CCNc1cc(C(=O)NC)cc(C(C)(C)C)n1. The van der Waals surface area contributed by atoms with Gasteiger partial charge in [-0.15, -0.1) is 0 Å². The zero-order chi connectivity index (χ0) is 13.1. The fraction of sp³-hybridized carbons (Fsp3) is 0.538. The fourth-order valence-corrected chi connectivity index (χ4v) is 1.46. The van der Waals surface area contributed by atoms with Crippen LogP contribution in [-0.2, 0) is 5.41 Å². The summed E-state index contributed by atoms with van der Waals surface area (Å²) >= 11 is 0. The number of amides is 1. The summed E-state index contributed by atoms with van der Waals surface area (Å²) in [6, 6.07) is 3.62. The lowest BCUT2D eigenvalue weighted by atomic mass is 9.90. The van der Waals surface area contributed by atoms with Gasteiger partial charge >= 0.3 is 0 Å². The molecule has 0 saturated carbocycles. The average molecular weight is 235 g/mol. The first-order valence-corrected chi connectivity index (χ1v) is 5.87. The normalized spacial score (nSPS) is 11.1. The third-order valence-corrected chi connectivity index (χ3v) is 2.44. The Morgan fingerprint density at radius 2 is 2.00 bits per heavy atom. The molecule has 0 unspecified atom stereocenters. The van der Waals surface area contributed by atoms with Crippen molar-refractivity contribution >= 4 is 11.7 Å². The van der Waals surface area contributed by atoms with Gasteiger partial charge in [0.1, 0.15) is 5.82 Å². The van der Waals surface area contributed by atoms with Crippen LogP contribution < -0.4 is 10.6 Å². The molecule has 0 atom stereocenters. The zero-order valence-electron chi connectivity index (χ0n) is 11.2. The molecule has 1 aromatic heterocycles. The van der Waals surface area contributed by atoms with Gasteiger partial charge in [-0.3, -0.25) is 4.79 Å². The third kappa shape index (κ3) is 3.44. The number of nitrogens with one attached hydrogen (secondary N) is 2. The Kier molecular flexibility index (Phi) is 4.10. The quantitative estimate of drug-likeness (QED) is 0.844. The minimum absolute atomic E-state index is 0.0752. The van der Waals surface area contributed by atoms with Crippen molar-refractivity contribution in [1.82, 2.24) is 10.3 Å². The van der Waals surface area contributed by atoms with E-state index in [-0.39, 0.29) is 11.3 Å². The van der Waals surface area contributed by atoms with Gasteiger partial charge in [-0.1, -0.05) is 20.8 Å². The van der Waals surface area contributed by atoms with Crippen molar-refractivity contribution in [2.45, 2.75) is 33.1 Å². The maximum Gasteiger partial charge on any atom is 0.251 e. The van der Waals surface area contributed by atoms with E-state index in [1.165, 1.54) is 0 Å². The zero-order valence-corrected chi connectivity index (χ0v) is 11.2. The van der Waals surface area contributed by atoms with E-state index < -0.39 is 0 Å². The van der Waals surface area contributed by atoms with Gasteiger partial charge in [-0.2, -0.15) is 0 Å². The molecular formula is C13H21N3O. The predicted octanol–water partition coefficient (Wildman–Crippen LogP) is 2.17. The van der Waals surface area contributed by atoms with Crippen LogP contribution in [0, 0.1) is 0 Å². The molecule has 17 heavy (non-hydrogen) atoms. The van der Waals surface area contributed by atoms with Crippen LogP contribution in [0.4, 0.5) is 5.82 Å². The number of rotatable bonds is 3. The lowest BCUT2D eigenvalue weighted by Gasteiger charge is -2.19. The second-order valence-electron chi connectivity index (χ2n) is 4.99. The largest absolute Gasteiger partial charge is 0.370 e. The minimum atomic E-state index is -0.0861. The van der Waals surface area contributed by atoms with Crippen molar-refractivity contribution in [3.05, 3.63) is 23.4 Å². The summed E-state index contributed by atoms with van der Waals surface area (Å²) in [6.45, 7) is 9.04. The number of anilines is 1. The Morgan fingerprint density at radius 3 is 2.47 bits per heavy atom. The highest BCUT2D eigenvalue weighted by molar-refractivity contribution is 5.94. The van der Waals surface area contributed by atoms with Crippen molar-refractivity contribution in [1.29, 1.82) is 0 Å². The van der Waals surface area contributed by atoms with E-state index in [2.05, 4.69) is 36.4 Å². The highest BCUT2D eigenvalue weighted by atomic mass is 16.1. The highest BCUT2D eigenvalue weighted by Crippen LogP contribution is 2.23. The summed E-state index contributed by atoms with van der Waals surface area (Å²) in [4.78, 5) is 16.2. The Balaban J connectivity index is 3.23. The van der Waals surface area contributed by atoms with Gasteiger partial charge in [-0.05, 0) is 19.1 Å². The number of pyridine rings is 1. The van der Waals surface area contributed by atoms with Gasteiger partial charge in [0.15, 0.2) is 0 Å². The van der Waals surface area contributed by atoms with E-state index in [1.807, 2.05) is 13.0 Å². The molecule has 0 fully saturated rings. The maximum atomic E-state index is 11.7. The standard InChI is InChI=1S/C13H21N3O/c1-6-15-11-8-9(12(17)14-5)7-10(16-11)13(2,3)4/h7-8H,6H2,1-5H3,(H,14,17)(H,15,16). The van der Waals surface area contributed by atoms with Gasteiger partial charge in [0, 0.05) is 30.3 Å². The summed E-state index contributed by atoms with van der Waals surface area (Å²) in [5.74, 6) is 0.663. The van der Waals surface area contributed by atoms with Gasteiger partial charge in [0.05, 0.1) is 0 Å². The maximum absolute atomic E-state index is 11.7. The monoisotopic (exact) mass is 235 g/mol. The lowest BCUT2D eigenvalue weighted by Crippen LogP contribution is -2.21. The van der Waals surface area contributed by atoms with Gasteiger partial charge in [0.25, 0.3) is 5.91 Å². The van der Waals surface area contributed by atoms with Gasteiger partial charge in [-0.25, -0.2) is 4.98 Å². The third-order valence-electron chi connectivity index (χ3n) is 2.44. The summed E-state index contributed by atoms with van der Waals surface area (Å²) < 4.78 is 0. The van der Waals surface area contributed by atoms with E-state index in [4.69, 9.17) is 0 Å². The number of hydrogen-bond acceptors (Lipinski definition) is 3. The first-order chi connectivity index (χ1) is 7.88. The first-order valence-electron chi connectivity index (χ1n) is 5.87. The van der Waals surface area contributed by atoms with Gasteiger partial charge in [0.2, 0.25) is 0 Å². The van der Waals surface area contributed by atoms with E-state index >= 15 is 0 Å². The first kappa shape index (κ1) is 13.5. The number of nitrogens with zero attached hydrogens (tertiary/aromatic N) is 1. The number of carbonyl (C=O) groups excluding carboxylic acids is 1. The van der Waals surface area contributed by atoms with Crippen molar-refractivity contribution < 1.29 is 4.79 Å². The molecule has 4 nitrogen and oxygen atoms in total. The molecule has 0 saturated heterocycles. The Morgan fingerprint density at radius 1 is 1.35 bits per heavy atom. The van der Waals surface area contributed by atoms with Crippen molar-refractivity contribution in [2.24, 2.45) is 0 Å². The summed E-state index contributed by atoms with van der Waals surface area (Å²) in [5, 5.41) is 5.78. The molecule has 1 rings (SSSR count). The molecule has 0 aliphatic heterocycles. The van der Waals surface area contributed by atoms with Crippen molar-refractivity contribution in [2.75, 3.05) is 18.9 Å². The summed E-state index contributed by atoms with van der Waals surface area (Å²) in [6.07, 6.45) is 0. The molecule has 1 aromatic rings. The lowest BCUT2D eigenvalue weighted by molar-refractivity contribution is 0.0963. The second kappa shape index (κ2) is 5.17. The molecule has 0 aliphatic rings. The summed E-state index contributed by atoms with van der Waals surface area (Å²) in [5.41, 5.74) is 1.48. The Labute approximate surface area is 103 Å². The van der Waals surface area contributed by atoms with Crippen molar-refractivity contribution in [3.8, 4) is 0 Å². The van der Waals surface area contributed by atoms with E-state index in [9.17, 15) is 4.79 Å².